The van der Waals surface area contributed by atoms with Crippen LogP contribution < -0.4 is 5.73 Å². The molecule has 0 aliphatic heterocycles. The van der Waals surface area contributed by atoms with E-state index < -0.39 is 0 Å². The summed E-state index contributed by atoms with van der Waals surface area (Å²) < 4.78 is 0. The Bertz CT molecular complexity index is 330. The maximum absolute atomic E-state index is 9.81. The maximum atomic E-state index is 9.81. The Morgan fingerprint density at radius 2 is 1.81 bits per heavy atom. The van der Waals surface area contributed by atoms with Gasteiger partial charge in [0.25, 0.3) is 0 Å². The highest BCUT2D eigenvalue weighted by atomic mass is 16.1. The van der Waals surface area contributed by atoms with Gasteiger partial charge in [0.05, 0.1) is 0 Å². The molecular formula is C14H21NO. The lowest BCUT2D eigenvalue weighted by Crippen LogP contribution is -2.04. The number of rotatable bonds is 3. The summed E-state index contributed by atoms with van der Waals surface area (Å²) in [4.78, 5) is 9.81. The summed E-state index contributed by atoms with van der Waals surface area (Å²) in [5.41, 5.74) is 7.51. The van der Waals surface area contributed by atoms with Crippen molar-refractivity contribution in [3.63, 3.8) is 0 Å². The lowest BCUT2D eigenvalue weighted by molar-refractivity contribution is -0.116. The normalized spacial score (nSPS) is 10.9. The molecule has 0 fully saturated rings. The molecule has 2 nitrogen and oxygen atoms in total. The molecule has 0 unspecified atom stereocenters. The van der Waals surface area contributed by atoms with Crippen LogP contribution in [-0.4, -0.2) is 5.78 Å². The van der Waals surface area contributed by atoms with Crippen molar-refractivity contribution in [3.05, 3.63) is 48.2 Å². The summed E-state index contributed by atoms with van der Waals surface area (Å²) in [6, 6.07) is 10.1. The third kappa shape index (κ3) is 6.02. The molecule has 2 N–H and O–H groups in total. The molecule has 0 heterocycles. The zero-order valence-corrected chi connectivity index (χ0v) is 10.4. The fraction of sp³-hybridized carbons (Fsp3) is 0.357. The Morgan fingerprint density at radius 3 is 2.12 bits per heavy atom. The topological polar surface area (TPSA) is 43.1 Å². The van der Waals surface area contributed by atoms with E-state index in [0.717, 1.165) is 5.70 Å². The van der Waals surface area contributed by atoms with Gasteiger partial charge >= 0.3 is 0 Å². The van der Waals surface area contributed by atoms with Gasteiger partial charge < -0.3 is 10.5 Å². The van der Waals surface area contributed by atoms with Crippen molar-refractivity contribution in [1.82, 2.24) is 0 Å². The predicted octanol–water partition coefficient (Wildman–Crippen LogP) is 3.25. The number of ketones is 1. The van der Waals surface area contributed by atoms with Gasteiger partial charge in [-0.05, 0) is 12.5 Å². The third-order valence-electron chi connectivity index (χ3n) is 2.35. The number of benzene rings is 1. The molecule has 2 heteroatoms. The SMILES string of the molecule is C=C(N)[C@@H](C)c1ccccc1.CCC(C)=O. The van der Waals surface area contributed by atoms with Gasteiger partial charge in [0.15, 0.2) is 0 Å². The van der Waals surface area contributed by atoms with Gasteiger partial charge in [-0.25, -0.2) is 0 Å². The molecule has 0 aromatic heterocycles. The molecule has 0 saturated heterocycles. The highest BCUT2D eigenvalue weighted by Gasteiger charge is 2.03. The Balaban J connectivity index is 0.000000385. The molecule has 1 rings (SSSR count). The van der Waals surface area contributed by atoms with E-state index in [-0.39, 0.29) is 11.7 Å². The smallest absolute Gasteiger partial charge is 0.129 e. The first-order valence-corrected chi connectivity index (χ1v) is 5.47. The largest absolute Gasteiger partial charge is 0.402 e. The van der Waals surface area contributed by atoms with E-state index in [9.17, 15) is 4.79 Å². The lowest BCUT2D eigenvalue weighted by atomic mass is 9.99. The van der Waals surface area contributed by atoms with E-state index in [0.29, 0.717) is 6.42 Å². The van der Waals surface area contributed by atoms with Gasteiger partial charge in [-0.3, -0.25) is 0 Å². The van der Waals surface area contributed by atoms with Gasteiger partial charge in [0.2, 0.25) is 0 Å². The third-order valence-corrected chi connectivity index (χ3v) is 2.35. The van der Waals surface area contributed by atoms with Crippen molar-refractivity contribution in [2.75, 3.05) is 0 Å². The average molecular weight is 219 g/mol. The van der Waals surface area contributed by atoms with Crippen molar-refractivity contribution >= 4 is 5.78 Å². The van der Waals surface area contributed by atoms with Crippen LogP contribution in [0.15, 0.2) is 42.6 Å². The van der Waals surface area contributed by atoms with E-state index in [1.54, 1.807) is 6.92 Å². The lowest BCUT2D eigenvalue weighted by Gasteiger charge is -2.09. The molecule has 0 amide bonds. The monoisotopic (exact) mass is 219 g/mol. The van der Waals surface area contributed by atoms with E-state index in [4.69, 9.17) is 5.73 Å². The Kier molecular flexibility index (Phi) is 6.93. The van der Waals surface area contributed by atoms with Crippen molar-refractivity contribution in [2.45, 2.75) is 33.1 Å². The summed E-state index contributed by atoms with van der Waals surface area (Å²) in [6.07, 6.45) is 0.667. The summed E-state index contributed by atoms with van der Waals surface area (Å²) in [5, 5.41) is 0. The Labute approximate surface area is 98.2 Å². The van der Waals surface area contributed by atoms with Crippen LogP contribution in [0.1, 0.15) is 38.7 Å². The van der Waals surface area contributed by atoms with E-state index in [1.165, 1.54) is 5.56 Å². The van der Waals surface area contributed by atoms with Crippen LogP contribution in [0.5, 0.6) is 0 Å². The minimum atomic E-state index is 0.255. The number of hydrogen-bond donors (Lipinski definition) is 1. The Morgan fingerprint density at radius 1 is 1.38 bits per heavy atom. The number of allylic oxidation sites excluding steroid dienone is 1. The molecule has 1 atom stereocenters. The fourth-order valence-electron chi connectivity index (χ4n) is 0.956. The van der Waals surface area contributed by atoms with Crippen molar-refractivity contribution in [3.8, 4) is 0 Å². The summed E-state index contributed by atoms with van der Waals surface area (Å²) in [6.45, 7) is 9.20. The first-order chi connectivity index (χ1) is 7.49. The molecule has 88 valence electrons. The van der Waals surface area contributed by atoms with Crippen LogP contribution in [0.3, 0.4) is 0 Å². The molecule has 16 heavy (non-hydrogen) atoms. The second-order valence-electron chi connectivity index (χ2n) is 3.76. The molecule has 0 radical (unpaired) electrons. The van der Waals surface area contributed by atoms with Crippen LogP contribution >= 0.6 is 0 Å². The first kappa shape index (κ1) is 14.4. The van der Waals surface area contributed by atoms with Crippen LogP contribution in [-0.2, 0) is 4.79 Å². The summed E-state index contributed by atoms with van der Waals surface area (Å²) >= 11 is 0. The Hall–Kier alpha value is -1.57. The van der Waals surface area contributed by atoms with Gasteiger partial charge in [-0.15, -0.1) is 0 Å². The van der Waals surface area contributed by atoms with Crippen molar-refractivity contribution in [1.29, 1.82) is 0 Å². The van der Waals surface area contributed by atoms with E-state index in [1.807, 2.05) is 25.1 Å². The quantitative estimate of drug-likeness (QED) is 0.848. The van der Waals surface area contributed by atoms with Gasteiger partial charge in [0, 0.05) is 18.0 Å². The zero-order chi connectivity index (χ0) is 12.6. The molecule has 0 spiro atoms. The standard InChI is InChI=1S/C10H13N.C4H8O/c1-8(9(2)11)10-6-4-3-5-7-10;1-3-4(2)5/h3-8H,2,11H2,1H3;3H2,1-2H3/t8-;/m1./s1. The van der Waals surface area contributed by atoms with E-state index >= 15 is 0 Å². The number of Topliss-reactive ketones (excluding diaryl/α,β-unsaturated/α-hetero) is 1. The minimum Gasteiger partial charge on any atom is -0.402 e. The van der Waals surface area contributed by atoms with Crippen LogP contribution in [0.2, 0.25) is 0 Å². The highest BCUT2D eigenvalue weighted by Crippen LogP contribution is 2.17. The van der Waals surface area contributed by atoms with Gasteiger partial charge in [-0.2, -0.15) is 0 Å². The van der Waals surface area contributed by atoms with Crippen molar-refractivity contribution in [2.24, 2.45) is 5.73 Å². The van der Waals surface area contributed by atoms with Crippen LogP contribution in [0, 0.1) is 0 Å². The molecule has 0 saturated carbocycles. The average Bonchev–Trinajstić information content (AvgIpc) is 2.29. The van der Waals surface area contributed by atoms with Crippen molar-refractivity contribution < 1.29 is 4.79 Å². The predicted molar refractivity (Wildman–Crippen MR) is 69.2 cm³/mol. The van der Waals surface area contributed by atoms with Crippen LogP contribution in [0.25, 0.3) is 0 Å². The fourth-order valence-corrected chi connectivity index (χ4v) is 0.956. The second kappa shape index (κ2) is 7.69. The molecule has 0 bridgehead atoms. The number of nitrogens with two attached hydrogens (primary N) is 1. The summed E-state index contributed by atoms with van der Waals surface area (Å²) in [7, 11) is 0. The highest BCUT2D eigenvalue weighted by molar-refractivity contribution is 5.74. The maximum Gasteiger partial charge on any atom is 0.129 e. The van der Waals surface area contributed by atoms with Gasteiger partial charge in [-0.1, -0.05) is 50.8 Å². The minimum absolute atomic E-state index is 0.255. The summed E-state index contributed by atoms with van der Waals surface area (Å²) in [5.74, 6) is 0.515. The van der Waals surface area contributed by atoms with E-state index in [2.05, 4.69) is 25.6 Å². The van der Waals surface area contributed by atoms with Crippen LogP contribution in [0.4, 0.5) is 0 Å². The molecule has 1 aromatic carbocycles. The second-order valence-corrected chi connectivity index (χ2v) is 3.76. The molecule has 1 aromatic rings. The zero-order valence-electron chi connectivity index (χ0n) is 10.4. The van der Waals surface area contributed by atoms with Gasteiger partial charge in [0.1, 0.15) is 5.78 Å². The molecular weight excluding hydrogens is 198 g/mol. The molecule has 0 aliphatic rings. The molecule has 0 aliphatic carbocycles. The number of hydrogen-bond acceptors (Lipinski definition) is 2. The number of carbonyl (C=O) groups is 1. The first-order valence-electron chi connectivity index (χ1n) is 5.47. The number of carbonyl (C=O) groups excluding carboxylic acids is 1.